The van der Waals surface area contributed by atoms with Crippen LogP contribution in [-0.4, -0.2) is 17.6 Å². The molecule has 5 nitrogen and oxygen atoms in total. The lowest BCUT2D eigenvalue weighted by Crippen LogP contribution is -2.21. The van der Waals surface area contributed by atoms with Crippen LogP contribution in [0, 0.1) is 0 Å². The zero-order valence-corrected chi connectivity index (χ0v) is 8.51. The van der Waals surface area contributed by atoms with Crippen LogP contribution < -0.4 is 11.1 Å². The quantitative estimate of drug-likeness (QED) is 0.810. The monoisotopic (exact) mass is 217 g/mol. The maximum atomic E-state index is 11.1. The fraction of sp³-hybridized carbons (Fsp3) is 0.0909. The molecule has 0 bridgehead atoms. The van der Waals surface area contributed by atoms with Gasteiger partial charge in [0.15, 0.2) is 0 Å². The average Bonchev–Trinajstić information content (AvgIpc) is 2.78. The van der Waals surface area contributed by atoms with Crippen LogP contribution in [0.15, 0.2) is 41.1 Å². The number of rotatable bonds is 3. The molecule has 1 aromatic carbocycles. The van der Waals surface area contributed by atoms with Crippen molar-refractivity contribution < 1.29 is 9.32 Å². The van der Waals surface area contributed by atoms with Gasteiger partial charge in [0, 0.05) is 0 Å². The number of carbonyl (C=O) groups is 1. The molecular weight excluding hydrogens is 206 g/mol. The van der Waals surface area contributed by atoms with Crippen molar-refractivity contribution in [1.29, 1.82) is 0 Å². The Kier molecular flexibility index (Phi) is 2.98. The highest BCUT2D eigenvalue weighted by Crippen LogP contribution is 2.27. The van der Waals surface area contributed by atoms with Crippen LogP contribution in [0.25, 0.3) is 11.1 Å². The summed E-state index contributed by atoms with van der Waals surface area (Å²) in [4.78, 5) is 11.1. The molecule has 3 N–H and O–H groups in total. The first-order valence-electron chi connectivity index (χ1n) is 4.81. The minimum atomic E-state index is -0.311. The van der Waals surface area contributed by atoms with Crippen LogP contribution in [0.1, 0.15) is 0 Å². The third-order valence-corrected chi connectivity index (χ3v) is 2.09. The van der Waals surface area contributed by atoms with E-state index in [0.717, 1.165) is 11.1 Å². The van der Waals surface area contributed by atoms with Gasteiger partial charge in [0.05, 0.1) is 18.3 Å². The molecule has 0 atom stereocenters. The second kappa shape index (κ2) is 4.59. The first kappa shape index (κ1) is 10.4. The first-order chi connectivity index (χ1) is 7.81. The summed E-state index contributed by atoms with van der Waals surface area (Å²) in [5.41, 5.74) is 6.87. The van der Waals surface area contributed by atoms with Gasteiger partial charge in [0.1, 0.15) is 0 Å². The molecule has 2 aromatic rings. The second-order valence-electron chi connectivity index (χ2n) is 3.19. The van der Waals surface area contributed by atoms with Crippen LogP contribution in [0.5, 0.6) is 0 Å². The molecule has 0 spiro atoms. The van der Waals surface area contributed by atoms with E-state index in [2.05, 4.69) is 10.5 Å². The minimum absolute atomic E-state index is 0.0884. The van der Waals surface area contributed by atoms with Gasteiger partial charge in [-0.15, -0.1) is 0 Å². The largest absolute Gasteiger partial charge is 0.338 e. The molecule has 0 radical (unpaired) electrons. The van der Waals surface area contributed by atoms with Gasteiger partial charge < -0.3 is 10.3 Å². The van der Waals surface area contributed by atoms with Gasteiger partial charge in [-0.2, -0.15) is 0 Å². The third-order valence-electron chi connectivity index (χ3n) is 2.09. The Bertz CT molecular complexity index is 479. The van der Waals surface area contributed by atoms with Crippen LogP contribution in [-0.2, 0) is 4.79 Å². The molecule has 1 aromatic heterocycles. The summed E-state index contributed by atoms with van der Waals surface area (Å²) in [5.74, 6) is 0.00980. The Morgan fingerprint density at radius 1 is 1.38 bits per heavy atom. The van der Waals surface area contributed by atoms with Crippen molar-refractivity contribution in [1.82, 2.24) is 5.16 Å². The second-order valence-corrected chi connectivity index (χ2v) is 3.19. The Morgan fingerprint density at radius 3 is 2.81 bits per heavy atom. The average molecular weight is 217 g/mol. The van der Waals surface area contributed by atoms with Crippen molar-refractivity contribution in [2.75, 3.05) is 11.9 Å². The molecule has 0 fully saturated rings. The predicted molar refractivity (Wildman–Crippen MR) is 59.6 cm³/mol. The van der Waals surface area contributed by atoms with Gasteiger partial charge in [-0.05, 0) is 5.56 Å². The Hall–Kier alpha value is -2.14. The maximum absolute atomic E-state index is 11.1. The van der Waals surface area contributed by atoms with E-state index < -0.39 is 0 Å². The summed E-state index contributed by atoms with van der Waals surface area (Å²) >= 11 is 0. The number of carbonyl (C=O) groups excluding carboxylic acids is 1. The van der Waals surface area contributed by atoms with E-state index in [1.807, 2.05) is 30.3 Å². The van der Waals surface area contributed by atoms with Gasteiger partial charge >= 0.3 is 0 Å². The molecule has 82 valence electrons. The van der Waals surface area contributed by atoms with E-state index in [1.165, 1.54) is 0 Å². The Labute approximate surface area is 92.2 Å². The van der Waals surface area contributed by atoms with E-state index in [9.17, 15) is 4.79 Å². The van der Waals surface area contributed by atoms with E-state index in [-0.39, 0.29) is 12.5 Å². The molecule has 0 aliphatic heterocycles. The highest BCUT2D eigenvalue weighted by molar-refractivity contribution is 5.94. The molecule has 1 heterocycles. The number of aromatic nitrogens is 1. The molecule has 1 amide bonds. The number of hydrogen-bond donors (Lipinski definition) is 2. The van der Waals surface area contributed by atoms with Gasteiger partial charge in [0.25, 0.3) is 0 Å². The summed E-state index contributed by atoms with van der Waals surface area (Å²) in [7, 11) is 0. The van der Waals surface area contributed by atoms with Crippen LogP contribution >= 0.6 is 0 Å². The lowest BCUT2D eigenvalue weighted by Gasteiger charge is -2.01. The normalized spacial score (nSPS) is 10.1. The lowest BCUT2D eigenvalue weighted by atomic mass is 10.1. The van der Waals surface area contributed by atoms with Crippen LogP contribution in [0.2, 0.25) is 0 Å². The highest BCUT2D eigenvalue weighted by atomic mass is 16.5. The summed E-state index contributed by atoms with van der Waals surface area (Å²) in [5, 5.41) is 6.20. The standard InChI is InChI=1S/C11H11N3O2/c12-6-10(15)14-11-9(7-13-16-11)8-4-2-1-3-5-8/h1-5,7H,6,12H2,(H,14,15). The summed E-state index contributed by atoms with van der Waals surface area (Å²) in [6, 6.07) is 9.53. The van der Waals surface area contributed by atoms with Crippen molar-refractivity contribution in [3.05, 3.63) is 36.5 Å². The lowest BCUT2D eigenvalue weighted by molar-refractivity contribution is -0.115. The first-order valence-corrected chi connectivity index (χ1v) is 4.81. The topological polar surface area (TPSA) is 81.2 Å². The number of amides is 1. The van der Waals surface area contributed by atoms with Crippen molar-refractivity contribution in [3.63, 3.8) is 0 Å². The fourth-order valence-electron chi connectivity index (χ4n) is 1.33. The minimum Gasteiger partial charge on any atom is -0.338 e. The van der Waals surface area contributed by atoms with E-state index in [0.29, 0.717) is 5.88 Å². The molecule has 0 aliphatic rings. The van der Waals surface area contributed by atoms with Gasteiger partial charge in [-0.1, -0.05) is 35.5 Å². The summed E-state index contributed by atoms with van der Waals surface area (Å²) < 4.78 is 4.95. The molecule has 0 aliphatic carbocycles. The number of nitrogens with two attached hydrogens (primary N) is 1. The highest BCUT2D eigenvalue weighted by Gasteiger charge is 2.11. The third kappa shape index (κ3) is 2.09. The smallest absolute Gasteiger partial charge is 0.240 e. The van der Waals surface area contributed by atoms with Gasteiger partial charge in [-0.25, -0.2) is 0 Å². The number of anilines is 1. The van der Waals surface area contributed by atoms with Gasteiger partial charge in [0.2, 0.25) is 11.8 Å². The molecule has 0 saturated heterocycles. The molecule has 0 saturated carbocycles. The SMILES string of the molecule is NCC(=O)Nc1oncc1-c1ccccc1. The van der Waals surface area contributed by atoms with Crippen LogP contribution in [0.3, 0.4) is 0 Å². The van der Waals surface area contributed by atoms with Gasteiger partial charge in [-0.3, -0.25) is 10.1 Å². The van der Waals surface area contributed by atoms with E-state index in [4.69, 9.17) is 10.3 Å². The van der Waals surface area contributed by atoms with Crippen molar-refractivity contribution in [2.24, 2.45) is 5.73 Å². The zero-order valence-electron chi connectivity index (χ0n) is 8.51. The van der Waals surface area contributed by atoms with Crippen LogP contribution in [0.4, 0.5) is 5.88 Å². The molecule has 16 heavy (non-hydrogen) atoms. The number of nitrogens with zero attached hydrogens (tertiary/aromatic N) is 1. The molecule has 0 unspecified atom stereocenters. The Balaban J connectivity index is 2.29. The summed E-state index contributed by atoms with van der Waals surface area (Å²) in [6.45, 7) is -0.0884. The van der Waals surface area contributed by atoms with Crippen molar-refractivity contribution in [3.8, 4) is 11.1 Å². The molecule has 5 heteroatoms. The maximum Gasteiger partial charge on any atom is 0.240 e. The predicted octanol–water partition coefficient (Wildman–Crippen LogP) is 1.24. The van der Waals surface area contributed by atoms with E-state index >= 15 is 0 Å². The van der Waals surface area contributed by atoms with Crippen molar-refractivity contribution in [2.45, 2.75) is 0 Å². The summed E-state index contributed by atoms with van der Waals surface area (Å²) in [6.07, 6.45) is 1.56. The van der Waals surface area contributed by atoms with E-state index in [1.54, 1.807) is 6.20 Å². The number of nitrogens with one attached hydrogen (secondary N) is 1. The van der Waals surface area contributed by atoms with Crippen molar-refractivity contribution >= 4 is 11.8 Å². The molecule has 2 rings (SSSR count). The Morgan fingerprint density at radius 2 is 2.12 bits per heavy atom. The number of hydrogen-bond acceptors (Lipinski definition) is 4. The fourth-order valence-corrected chi connectivity index (χ4v) is 1.33. The number of benzene rings is 1. The molecular formula is C11H11N3O2. The zero-order chi connectivity index (χ0) is 11.4.